The molecule has 3 heterocycles. The number of guanidine groups is 1. The monoisotopic (exact) mass is 470 g/mol. The Labute approximate surface area is 193 Å². The highest BCUT2D eigenvalue weighted by molar-refractivity contribution is 6.07. The molecule has 2 spiro atoms. The fourth-order valence-corrected chi connectivity index (χ4v) is 5.01. The van der Waals surface area contributed by atoms with Gasteiger partial charge in [-0.25, -0.2) is 4.99 Å². The number of nitrogens with zero attached hydrogens (tertiary/aromatic N) is 3. The largest absolute Gasteiger partial charge is 0.484 e. The Hall–Kier alpha value is -3.58. The van der Waals surface area contributed by atoms with Gasteiger partial charge in [0.2, 0.25) is 0 Å². The van der Waals surface area contributed by atoms with Crippen molar-refractivity contribution < 1.29 is 27.4 Å². The van der Waals surface area contributed by atoms with Crippen LogP contribution in [0.15, 0.2) is 41.4 Å². The Morgan fingerprint density at radius 3 is 2.62 bits per heavy atom. The van der Waals surface area contributed by atoms with E-state index in [0.717, 1.165) is 18.6 Å². The first kappa shape index (κ1) is 22.2. The number of amides is 1. The fraction of sp³-hybridized carbons (Fsp3) is 0.375. The van der Waals surface area contributed by atoms with Crippen molar-refractivity contribution in [1.29, 1.82) is 5.26 Å². The minimum atomic E-state index is -4.61. The third-order valence-corrected chi connectivity index (χ3v) is 6.65. The lowest BCUT2D eigenvalue weighted by molar-refractivity contribution is -0.139. The molecule has 1 saturated heterocycles. The van der Waals surface area contributed by atoms with Crippen molar-refractivity contribution in [2.45, 2.75) is 36.6 Å². The van der Waals surface area contributed by atoms with Gasteiger partial charge in [0.05, 0.1) is 23.8 Å². The summed E-state index contributed by atoms with van der Waals surface area (Å²) in [4.78, 5) is 19.3. The lowest BCUT2D eigenvalue weighted by Crippen LogP contribution is -2.55. The van der Waals surface area contributed by atoms with Crippen LogP contribution in [0.4, 0.5) is 13.2 Å². The molecular formula is C24H21F3N4O3. The van der Waals surface area contributed by atoms with Gasteiger partial charge in [0.25, 0.3) is 5.91 Å². The molecule has 1 fully saturated rings. The summed E-state index contributed by atoms with van der Waals surface area (Å²) in [6.45, 7) is 0.890. The minimum Gasteiger partial charge on any atom is -0.484 e. The highest BCUT2D eigenvalue weighted by Gasteiger charge is 2.58. The molecule has 0 radical (unpaired) electrons. The zero-order chi connectivity index (χ0) is 24.3. The van der Waals surface area contributed by atoms with E-state index in [4.69, 9.17) is 15.2 Å². The summed E-state index contributed by atoms with van der Waals surface area (Å²) in [5, 5.41) is 9.26. The van der Waals surface area contributed by atoms with Gasteiger partial charge in [-0.1, -0.05) is 6.07 Å². The number of hydrogen-bond acceptors (Lipinski definition) is 6. The molecule has 1 amide bonds. The lowest BCUT2D eigenvalue weighted by Gasteiger charge is -2.46. The molecule has 34 heavy (non-hydrogen) atoms. The molecular weight excluding hydrogens is 449 g/mol. The van der Waals surface area contributed by atoms with Crippen LogP contribution in [0.3, 0.4) is 0 Å². The van der Waals surface area contributed by atoms with E-state index in [1.165, 1.54) is 18.0 Å². The van der Waals surface area contributed by atoms with Crippen molar-refractivity contribution in [3.63, 3.8) is 0 Å². The van der Waals surface area contributed by atoms with Crippen molar-refractivity contribution in [2.75, 3.05) is 20.3 Å². The number of carbonyl (C=O) groups is 1. The maximum atomic E-state index is 13.5. The van der Waals surface area contributed by atoms with Crippen LogP contribution < -0.4 is 10.5 Å². The lowest BCUT2D eigenvalue weighted by atomic mass is 9.74. The normalized spacial score (nSPS) is 26.3. The van der Waals surface area contributed by atoms with Gasteiger partial charge in [-0.05, 0) is 54.3 Å². The average molecular weight is 470 g/mol. The third-order valence-electron chi connectivity index (χ3n) is 6.65. The van der Waals surface area contributed by atoms with E-state index < -0.39 is 22.9 Å². The van der Waals surface area contributed by atoms with Crippen molar-refractivity contribution in [1.82, 2.24) is 4.90 Å². The average Bonchev–Trinajstić information content (AvgIpc) is 3.02. The van der Waals surface area contributed by atoms with E-state index in [2.05, 4.69) is 4.99 Å². The van der Waals surface area contributed by atoms with E-state index in [1.807, 2.05) is 0 Å². The summed E-state index contributed by atoms with van der Waals surface area (Å²) in [5.41, 5.74) is 3.86. The van der Waals surface area contributed by atoms with Gasteiger partial charge in [-0.15, -0.1) is 0 Å². The molecule has 2 N–H and O–H groups in total. The highest BCUT2D eigenvalue weighted by Crippen LogP contribution is 2.52. The van der Waals surface area contributed by atoms with Crippen LogP contribution in [0, 0.1) is 11.3 Å². The fourth-order valence-electron chi connectivity index (χ4n) is 5.01. The first-order valence-electron chi connectivity index (χ1n) is 10.7. The summed E-state index contributed by atoms with van der Waals surface area (Å²) in [6.07, 6.45) is -2.99. The van der Waals surface area contributed by atoms with Crippen molar-refractivity contribution in [3.05, 3.63) is 53.1 Å². The predicted molar refractivity (Wildman–Crippen MR) is 116 cm³/mol. The highest BCUT2D eigenvalue weighted by atomic mass is 19.4. The molecule has 0 bridgehead atoms. The van der Waals surface area contributed by atoms with Crippen LogP contribution in [0.1, 0.15) is 36.0 Å². The van der Waals surface area contributed by atoms with Crippen LogP contribution in [0.5, 0.6) is 5.75 Å². The number of nitrogens with two attached hydrogens (primary N) is 1. The standard InChI is InChI=1S/C24H21F3N4O3/c1-31-20(32)23(30-21(31)29)12-22(5-2-6-33-13-22)34-19-4-3-15(10-18(19)23)16-7-14(11-28)8-17(9-16)24(25,26)27/h3-4,7-10H,2,5-6,12-13H2,1H3,(H2,29,30)/t22-,23-/m0/s1. The first-order valence-corrected chi connectivity index (χ1v) is 10.7. The molecule has 3 aliphatic rings. The van der Waals surface area contributed by atoms with Gasteiger partial charge in [-0.3, -0.25) is 9.69 Å². The number of halogens is 3. The van der Waals surface area contributed by atoms with Crippen LogP contribution in [0.2, 0.25) is 0 Å². The quantitative estimate of drug-likeness (QED) is 0.687. The summed E-state index contributed by atoms with van der Waals surface area (Å²) in [5.74, 6) is 0.132. The summed E-state index contributed by atoms with van der Waals surface area (Å²) >= 11 is 0. The van der Waals surface area contributed by atoms with Crippen molar-refractivity contribution >= 4 is 11.9 Å². The second-order valence-electron chi connectivity index (χ2n) is 8.93. The molecule has 0 saturated carbocycles. The molecule has 5 rings (SSSR count). The Morgan fingerprint density at radius 2 is 2.00 bits per heavy atom. The van der Waals surface area contributed by atoms with E-state index >= 15 is 0 Å². The molecule has 10 heteroatoms. The van der Waals surface area contributed by atoms with Gasteiger partial charge in [-0.2, -0.15) is 18.4 Å². The van der Waals surface area contributed by atoms with Crippen LogP contribution in [0.25, 0.3) is 11.1 Å². The van der Waals surface area contributed by atoms with Crippen molar-refractivity contribution in [2.24, 2.45) is 10.7 Å². The second kappa shape index (κ2) is 7.46. The van der Waals surface area contributed by atoms with E-state index in [9.17, 15) is 23.2 Å². The predicted octanol–water partition coefficient (Wildman–Crippen LogP) is 3.56. The van der Waals surface area contributed by atoms with E-state index in [0.29, 0.717) is 36.5 Å². The number of alkyl halides is 3. The number of nitriles is 1. The number of fused-ring (bicyclic) bond motifs is 2. The molecule has 0 unspecified atom stereocenters. The number of aliphatic imine (C=N–C) groups is 1. The van der Waals surface area contributed by atoms with Gasteiger partial charge in [0.1, 0.15) is 11.4 Å². The van der Waals surface area contributed by atoms with Crippen LogP contribution >= 0.6 is 0 Å². The topological polar surface area (TPSA) is 101 Å². The molecule has 0 aliphatic carbocycles. The number of ether oxygens (including phenoxy) is 2. The Morgan fingerprint density at radius 1 is 1.21 bits per heavy atom. The van der Waals surface area contributed by atoms with Gasteiger partial charge in [0.15, 0.2) is 11.5 Å². The Kier molecular flexibility index (Phi) is 4.88. The summed E-state index contributed by atoms with van der Waals surface area (Å²) in [7, 11) is 1.53. The smallest absolute Gasteiger partial charge is 0.416 e. The molecule has 2 aromatic rings. The maximum absolute atomic E-state index is 13.5. The molecule has 176 valence electrons. The summed E-state index contributed by atoms with van der Waals surface area (Å²) in [6, 6.07) is 9.80. The van der Waals surface area contributed by atoms with Crippen LogP contribution in [-0.4, -0.2) is 42.6 Å². The van der Waals surface area contributed by atoms with Gasteiger partial charge >= 0.3 is 6.18 Å². The maximum Gasteiger partial charge on any atom is 0.416 e. The number of hydrogen-bond donors (Lipinski definition) is 1. The number of benzene rings is 2. The molecule has 7 nitrogen and oxygen atoms in total. The zero-order valence-corrected chi connectivity index (χ0v) is 18.3. The van der Waals surface area contributed by atoms with E-state index in [1.54, 1.807) is 24.3 Å². The SMILES string of the molecule is CN1C(=O)[C@@]2(C[C@]3(CCCOC3)Oc3ccc(-c4cc(C#N)cc(C(F)(F)F)c4)cc32)N=C1N. The minimum absolute atomic E-state index is 0.0565. The molecule has 3 aliphatic heterocycles. The zero-order valence-electron chi connectivity index (χ0n) is 18.3. The second-order valence-corrected chi connectivity index (χ2v) is 8.93. The molecule has 0 aromatic heterocycles. The van der Waals surface area contributed by atoms with Crippen molar-refractivity contribution in [3.8, 4) is 22.9 Å². The Bertz CT molecular complexity index is 1260. The third kappa shape index (κ3) is 3.39. The van der Waals surface area contributed by atoms with Gasteiger partial charge in [0, 0.05) is 25.6 Å². The number of rotatable bonds is 1. The number of likely N-dealkylation sites (N-methyl/N-ethyl adjacent to an activating group) is 1. The molecule has 2 atom stereocenters. The van der Waals surface area contributed by atoms with E-state index in [-0.39, 0.29) is 29.4 Å². The first-order chi connectivity index (χ1) is 16.1. The number of carbonyl (C=O) groups excluding carboxylic acids is 1. The Balaban J connectivity index is 1.69. The van der Waals surface area contributed by atoms with Crippen LogP contribution in [-0.2, 0) is 21.2 Å². The van der Waals surface area contributed by atoms with Gasteiger partial charge < -0.3 is 15.2 Å². The molecule has 2 aromatic carbocycles. The summed E-state index contributed by atoms with van der Waals surface area (Å²) < 4.78 is 52.3.